The van der Waals surface area contributed by atoms with E-state index in [1.54, 1.807) is 0 Å². The fraction of sp³-hybridized carbons (Fsp3) is 0.440. The zero-order valence-electron chi connectivity index (χ0n) is 16.9. The van der Waals surface area contributed by atoms with Gasteiger partial charge in [-0.3, -0.25) is 0 Å². The fourth-order valence-electron chi connectivity index (χ4n) is 4.91. The molecule has 1 saturated heterocycles. The lowest BCUT2D eigenvalue weighted by Crippen LogP contribution is -2.58. The van der Waals surface area contributed by atoms with Crippen molar-refractivity contribution in [2.24, 2.45) is 11.8 Å². The predicted molar refractivity (Wildman–Crippen MR) is 113 cm³/mol. The third-order valence-corrected chi connectivity index (χ3v) is 6.19. The fourth-order valence-corrected chi connectivity index (χ4v) is 4.91. The van der Waals surface area contributed by atoms with Crippen LogP contribution in [0.15, 0.2) is 72.8 Å². The van der Waals surface area contributed by atoms with Gasteiger partial charge in [-0.25, -0.2) is 0 Å². The van der Waals surface area contributed by atoms with E-state index >= 15 is 0 Å². The minimum Gasteiger partial charge on any atom is -0.389 e. The predicted octanol–water partition coefficient (Wildman–Crippen LogP) is 5.82. The van der Waals surface area contributed by atoms with Crippen LogP contribution in [0.3, 0.4) is 0 Å². The highest BCUT2D eigenvalue weighted by molar-refractivity contribution is 5.28. The third-order valence-electron chi connectivity index (χ3n) is 6.19. The van der Waals surface area contributed by atoms with Crippen LogP contribution in [0, 0.1) is 11.8 Å². The van der Waals surface area contributed by atoms with Crippen LogP contribution in [-0.2, 0) is 0 Å². The molecule has 0 saturated carbocycles. The second kappa shape index (κ2) is 8.41. The molecule has 3 rings (SSSR count). The molecule has 1 aliphatic heterocycles. The van der Waals surface area contributed by atoms with Crippen LogP contribution in [0.5, 0.6) is 0 Å². The summed E-state index contributed by atoms with van der Waals surface area (Å²) in [6.07, 6.45) is 2.69. The summed E-state index contributed by atoms with van der Waals surface area (Å²) in [4.78, 5) is 0. The molecule has 0 aliphatic carbocycles. The standard InChI is InChI=1S/C25H33NO/c1-5-12-22-24(21-15-10-7-11-16-21)26-23(20-13-8-6-9-14-20)19(4)25(22,27)17-18(2)3/h6-11,13-16,19,22-24,26-27H,2,5,12,17H2,1,3-4H3. The summed E-state index contributed by atoms with van der Waals surface area (Å²) in [5.41, 5.74) is 2.75. The van der Waals surface area contributed by atoms with Crippen LogP contribution in [0.4, 0.5) is 0 Å². The topological polar surface area (TPSA) is 32.3 Å². The molecule has 1 fully saturated rings. The Morgan fingerprint density at radius 3 is 2.00 bits per heavy atom. The Hall–Kier alpha value is -1.90. The summed E-state index contributed by atoms with van der Waals surface area (Å²) in [6, 6.07) is 21.4. The summed E-state index contributed by atoms with van der Waals surface area (Å²) in [5.74, 6) is 0.240. The van der Waals surface area contributed by atoms with Crippen molar-refractivity contribution in [3.8, 4) is 0 Å². The molecule has 0 bridgehead atoms. The maximum atomic E-state index is 12.1. The van der Waals surface area contributed by atoms with E-state index in [1.165, 1.54) is 11.1 Å². The van der Waals surface area contributed by atoms with E-state index in [2.05, 4.69) is 80.3 Å². The maximum absolute atomic E-state index is 12.1. The molecule has 2 aromatic rings. The van der Waals surface area contributed by atoms with Gasteiger partial charge in [-0.2, -0.15) is 0 Å². The average molecular weight is 364 g/mol. The number of nitrogens with one attached hydrogen (secondary N) is 1. The molecule has 2 aromatic carbocycles. The molecule has 2 heteroatoms. The Morgan fingerprint density at radius 1 is 1.00 bits per heavy atom. The molecular formula is C25H33NO. The number of aliphatic hydroxyl groups is 1. The Morgan fingerprint density at radius 2 is 1.52 bits per heavy atom. The van der Waals surface area contributed by atoms with Crippen molar-refractivity contribution < 1.29 is 5.11 Å². The van der Waals surface area contributed by atoms with Crippen molar-refractivity contribution in [3.05, 3.63) is 83.9 Å². The van der Waals surface area contributed by atoms with Gasteiger partial charge in [-0.15, -0.1) is 6.58 Å². The summed E-state index contributed by atoms with van der Waals surface area (Å²) >= 11 is 0. The molecule has 0 radical (unpaired) electrons. The first kappa shape index (κ1) is 19.9. The largest absolute Gasteiger partial charge is 0.389 e. The third kappa shape index (κ3) is 4.02. The van der Waals surface area contributed by atoms with Crippen molar-refractivity contribution in [2.75, 3.05) is 0 Å². The van der Waals surface area contributed by atoms with E-state index in [1.807, 2.05) is 13.0 Å². The van der Waals surface area contributed by atoms with Crippen molar-refractivity contribution in [1.82, 2.24) is 5.32 Å². The van der Waals surface area contributed by atoms with E-state index in [-0.39, 0.29) is 23.9 Å². The zero-order chi connectivity index (χ0) is 19.4. The molecule has 0 amide bonds. The molecule has 1 aliphatic rings. The quantitative estimate of drug-likeness (QED) is 0.634. The summed E-state index contributed by atoms with van der Waals surface area (Å²) in [7, 11) is 0. The molecule has 27 heavy (non-hydrogen) atoms. The Labute approximate surface area is 164 Å². The van der Waals surface area contributed by atoms with Gasteiger partial charge in [0.05, 0.1) is 5.60 Å². The van der Waals surface area contributed by atoms with Gasteiger partial charge < -0.3 is 10.4 Å². The molecule has 0 spiro atoms. The Bertz CT molecular complexity index is 741. The Balaban J connectivity index is 2.09. The normalized spacial score (nSPS) is 30.8. The number of piperidine rings is 1. The molecule has 1 heterocycles. The van der Waals surface area contributed by atoms with Gasteiger partial charge in [0.15, 0.2) is 0 Å². The number of hydrogen-bond acceptors (Lipinski definition) is 2. The highest BCUT2D eigenvalue weighted by Crippen LogP contribution is 2.50. The molecule has 5 unspecified atom stereocenters. The Kier molecular flexibility index (Phi) is 6.18. The van der Waals surface area contributed by atoms with Gasteiger partial charge in [-0.1, -0.05) is 86.5 Å². The molecule has 144 valence electrons. The minimum absolute atomic E-state index is 0.0908. The van der Waals surface area contributed by atoms with Crippen molar-refractivity contribution in [1.29, 1.82) is 0 Å². The van der Waals surface area contributed by atoms with E-state index in [0.717, 1.165) is 18.4 Å². The molecule has 2 nitrogen and oxygen atoms in total. The van der Waals surface area contributed by atoms with Crippen molar-refractivity contribution >= 4 is 0 Å². The van der Waals surface area contributed by atoms with E-state index < -0.39 is 5.60 Å². The van der Waals surface area contributed by atoms with Gasteiger partial charge in [0.1, 0.15) is 0 Å². The van der Waals surface area contributed by atoms with Gasteiger partial charge in [-0.05, 0) is 30.9 Å². The van der Waals surface area contributed by atoms with Crippen LogP contribution < -0.4 is 5.32 Å². The molecular weight excluding hydrogens is 330 g/mol. The first-order valence-electron chi connectivity index (χ1n) is 10.2. The number of rotatable bonds is 6. The lowest BCUT2D eigenvalue weighted by molar-refractivity contribution is -0.119. The number of hydrogen-bond donors (Lipinski definition) is 2. The average Bonchev–Trinajstić information content (AvgIpc) is 2.67. The van der Waals surface area contributed by atoms with Gasteiger partial charge in [0.25, 0.3) is 0 Å². The molecule has 5 atom stereocenters. The molecule has 2 N–H and O–H groups in total. The second-order valence-corrected chi connectivity index (χ2v) is 8.25. The van der Waals surface area contributed by atoms with Gasteiger partial charge in [0, 0.05) is 23.9 Å². The van der Waals surface area contributed by atoms with Crippen molar-refractivity contribution in [3.63, 3.8) is 0 Å². The van der Waals surface area contributed by atoms with E-state index in [4.69, 9.17) is 0 Å². The lowest BCUT2D eigenvalue weighted by Gasteiger charge is -2.53. The van der Waals surface area contributed by atoms with E-state index in [0.29, 0.717) is 6.42 Å². The molecule has 0 aromatic heterocycles. The summed E-state index contributed by atoms with van der Waals surface area (Å²) < 4.78 is 0. The number of benzene rings is 2. The first-order valence-corrected chi connectivity index (χ1v) is 10.2. The summed E-state index contributed by atoms with van der Waals surface area (Å²) in [5, 5.41) is 16.0. The van der Waals surface area contributed by atoms with Crippen LogP contribution in [0.1, 0.15) is 63.2 Å². The van der Waals surface area contributed by atoms with Crippen LogP contribution >= 0.6 is 0 Å². The SMILES string of the molecule is C=C(C)CC1(O)C(C)C(c2ccccc2)NC(c2ccccc2)C1CCC. The van der Waals surface area contributed by atoms with Gasteiger partial charge >= 0.3 is 0 Å². The van der Waals surface area contributed by atoms with E-state index in [9.17, 15) is 5.11 Å². The van der Waals surface area contributed by atoms with Gasteiger partial charge in [0.2, 0.25) is 0 Å². The highest BCUT2D eigenvalue weighted by Gasteiger charge is 2.52. The minimum atomic E-state index is -0.784. The first-order chi connectivity index (χ1) is 13.0. The highest BCUT2D eigenvalue weighted by atomic mass is 16.3. The lowest BCUT2D eigenvalue weighted by atomic mass is 9.62. The second-order valence-electron chi connectivity index (χ2n) is 8.25. The summed E-state index contributed by atoms with van der Waals surface area (Å²) in [6.45, 7) is 10.6. The van der Waals surface area contributed by atoms with Crippen LogP contribution in [0.2, 0.25) is 0 Å². The maximum Gasteiger partial charge on any atom is 0.0774 e. The smallest absolute Gasteiger partial charge is 0.0774 e. The zero-order valence-corrected chi connectivity index (χ0v) is 16.9. The van der Waals surface area contributed by atoms with Crippen LogP contribution in [0.25, 0.3) is 0 Å². The van der Waals surface area contributed by atoms with Crippen molar-refractivity contribution in [2.45, 2.75) is 57.7 Å². The monoisotopic (exact) mass is 363 g/mol. The van der Waals surface area contributed by atoms with Crippen LogP contribution in [-0.4, -0.2) is 10.7 Å².